The molecule has 0 amide bonds. The molecule has 0 spiro atoms. The average Bonchev–Trinajstić information content (AvgIpc) is 2.53. The van der Waals surface area contributed by atoms with Gasteiger partial charge in [-0.25, -0.2) is 0 Å². The van der Waals surface area contributed by atoms with Crippen LogP contribution >= 0.6 is 0 Å². The molecule has 0 aliphatic carbocycles. The SMILES string of the molecule is CCCN1CCCC1CNCC(C)C. The van der Waals surface area contributed by atoms with Crippen LogP contribution in [0.25, 0.3) is 0 Å². The lowest BCUT2D eigenvalue weighted by molar-refractivity contribution is 0.246. The molecule has 1 fully saturated rings. The number of likely N-dealkylation sites (tertiary alicyclic amines) is 1. The third kappa shape index (κ3) is 3.97. The summed E-state index contributed by atoms with van der Waals surface area (Å²) in [5.74, 6) is 0.774. The summed E-state index contributed by atoms with van der Waals surface area (Å²) in [5.41, 5.74) is 0. The molecule has 0 saturated carbocycles. The molecular weight excluding hydrogens is 172 g/mol. The van der Waals surface area contributed by atoms with E-state index in [-0.39, 0.29) is 0 Å². The molecule has 0 aromatic heterocycles. The van der Waals surface area contributed by atoms with Crippen LogP contribution in [0.3, 0.4) is 0 Å². The minimum absolute atomic E-state index is 0.774. The topological polar surface area (TPSA) is 15.3 Å². The van der Waals surface area contributed by atoms with Gasteiger partial charge in [0.15, 0.2) is 0 Å². The normalized spacial score (nSPS) is 23.6. The molecule has 1 saturated heterocycles. The van der Waals surface area contributed by atoms with E-state index in [0.29, 0.717) is 0 Å². The van der Waals surface area contributed by atoms with Gasteiger partial charge < -0.3 is 5.32 Å². The van der Waals surface area contributed by atoms with Crippen molar-refractivity contribution >= 4 is 0 Å². The van der Waals surface area contributed by atoms with Gasteiger partial charge in [-0.05, 0) is 44.8 Å². The van der Waals surface area contributed by atoms with Crippen molar-refractivity contribution in [2.45, 2.75) is 46.1 Å². The van der Waals surface area contributed by atoms with Gasteiger partial charge in [-0.2, -0.15) is 0 Å². The van der Waals surface area contributed by atoms with Crippen molar-refractivity contribution in [3.05, 3.63) is 0 Å². The van der Waals surface area contributed by atoms with Gasteiger partial charge in [0.1, 0.15) is 0 Å². The van der Waals surface area contributed by atoms with Crippen molar-refractivity contribution in [1.82, 2.24) is 10.2 Å². The lowest BCUT2D eigenvalue weighted by atomic mass is 10.2. The maximum absolute atomic E-state index is 3.57. The highest BCUT2D eigenvalue weighted by Gasteiger charge is 2.22. The summed E-state index contributed by atoms with van der Waals surface area (Å²) in [6, 6.07) is 0.814. The van der Waals surface area contributed by atoms with E-state index in [4.69, 9.17) is 0 Å². The minimum Gasteiger partial charge on any atom is -0.315 e. The molecule has 1 aliphatic heterocycles. The van der Waals surface area contributed by atoms with Gasteiger partial charge in [-0.1, -0.05) is 20.8 Å². The quantitative estimate of drug-likeness (QED) is 0.703. The summed E-state index contributed by atoms with van der Waals surface area (Å²) < 4.78 is 0. The van der Waals surface area contributed by atoms with Crippen LogP contribution in [0.4, 0.5) is 0 Å². The summed E-state index contributed by atoms with van der Waals surface area (Å²) in [6.07, 6.45) is 4.08. The van der Waals surface area contributed by atoms with E-state index < -0.39 is 0 Å². The molecule has 0 bridgehead atoms. The van der Waals surface area contributed by atoms with Gasteiger partial charge >= 0.3 is 0 Å². The van der Waals surface area contributed by atoms with Gasteiger partial charge in [0, 0.05) is 12.6 Å². The molecule has 0 aromatic carbocycles. The van der Waals surface area contributed by atoms with E-state index in [1.54, 1.807) is 0 Å². The van der Waals surface area contributed by atoms with E-state index in [9.17, 15) is 0 Å². The number of nitrogens with zero attached hydrogens (tertiary/aromatic N) is 1. The van der Waals surface area contributed by atoms with Gasteiger partial charge in [-0.3, -0.25) is 4.90 Å². The smallest absolute Gasteiger partial charge is 0.0221 e. The molecule has 1 heterocycles. The van der Waals surface area contributed by atoms with Crippen molar-refractivity contribution in [2.24, 2.45) is 5.92 Å². The fourth-order valence-electron chi connectivity index (χ4n) is 2.25. The predicted molar refractivity (Wildman–Crippen MR) is 62.6 cm³/mol. The molecule has 1 N–H and O–H groups in total. The second kappa shape index (κ2) is 6.41. The van der Waals surface area contributed by atoms with Crippen LogP contribution in [0.1, 0.15) is 40.0 Å². The first kappa shape index (κ1) is 12.0. The third-order valence-corrected chi connectivity index (χ3v) is 2.94. The molecule has 1 rings (SSSR count). The minimum atomic E-state index is 0.774. The number of rotatable bonds is 6. The maximum atomic E-state index is 3.57. The van der Waals surface area contributed by atoms with Crippen LogP contribution < -0.4 is 5.32 Å². The van der Waals surface area contributed by atoms with Gasteiger partial charge in [0.2, 0.25) is 0 Å². The van der Waals surface area contributed by atoms with Crippen molar-refractivity contribution in [3.63, 3.8) is 0 Å². The standard InChI is InChI=1S/C12H26N2/c1-4-7-14-8-5-6-12(14)10-13-9-11(2)3/h11-13H,4-10H2,1-3H3. The first-order valence-corrected chi connectivity index (χ1v) is 6.18. The van der Waals surface area contributed by atoms with E-state index >= 15 is 0 Å². The number of hydrogen-bond donors (Lipinski definition) is 1. The van der Waals surface area contributed by atoms with E-state index in [1.807, 2.05) is 0 Å². The molecular formula is C12H26N2. The zero-order valence-corrected chi connectivity index (χ0v) is 10.1. The monoisotopic (exact) mass is 198 g/mol. The van der Waals surface area contributed by atoms with E-state index in [0.717, 1.165) is 18.5 Å². The van der Waals surface area contributed by atoms with Crippen LogP contribution in [0.15, 0.2) is 0 Å². The molecule has 2 heteroatoms. The zero-order valence-electron chi connectivity index (χ0n) is 10.1. The molecule has 1 aliphatic rings. The first-order valence-electron chi connectivity index (χ1n) is 6.18. The van der Waals surface area contributed by atoms with Crippen LogP contribution in [0.5, 0.6) is 0 Å². The Labute approximate surface area is 89.1 Å². The molecule has 0 radical (unpaired) electrons. The van der Waals surface area contributed by atoms with E-state index in [1.165, 1.54) is 38.9 Å². The first-order chi connectivity index (χ1) is 6.74. The summed E-state index contributed by atoms with van der Waals surface area (Å²) in [7, 11) is 0. The largest absolute Gasteiger partial charge is 0.315 e. The predicted octanol–water partition coefficient (Wildman–Crippen LogP) is 2.11. The summed E-state index contributed by atoms with van der Waals surface area (Å²) >= 11 is 0. The number of hydrogen-bond acceptors (Lipinski definition) is 2. The summed E-state index contributed by atoms with van der Waals surface area (Å²) in [4.78, 5) is 2.65. The highest BCUT2D eigenvalue weighted by molar-refractivity contribution is 4.80. The molecule has 14 heavy (non-hydrogen) atoms. The fourth-order valence-corrected chi connectivity index (χ4v) is 2.25. The molecule has 1 unspecified atom stereocenters. The Kier molecular flexibility index (Phi) is 5.49. The van der Waals surface area contributed by atoms with Crippen molar-refractivity contribution in [2.75, 3.05) is 26.2 Å². The Hall–Kier alpha value is -0.0800. The van der Waals surface area contributed by atoms with Crippen LogP contribution in [-0.2, 0) is 0 Å². The number of nitrogens with one attached hydrogen (secondary N) is 1. The van der Waals surface area contributed by atoms with E-state index in [2.05, 4.69) is 31.0 Å². The summed E-state index contributed by atoms with van der Waals surface area (Å²) in [6.45, 7) is 11.8. The Bertz CT molecular complexity index is 145. The lowest BCUT2D eigenvalue weighted by Gasteiger charge is -2.24. The second-order valence-corrected chi connectivity index (χ2v) is 4.88. The fraction of sp³-hybridized carbons (Fsp3) is 1.00. The average molecular weight is 198 g/mol. The highest BCUT2D eigenvalue weighted by atomic mass is 15.2. The Morgan fingerprint density at radius 1 is 1.43 bits per heavy atom. The zero-order chi connectivity index (χ0) is 10.4. The van der Waals surface area contributed by atoms with Crippen LogP contribution in [-0.4, -0.2) is 37.1 Å². The third-order valence-electron chi connectivity index (χ3n) is 2.94. The Balaban J connectivity index is 2.15. The molecule has 2 nitrogen and oxygen atoms in total. The Morgan fingerprint density at radius 2 is 2.21 bits per heavy atom. The van der Waals surface area contributed by atoms with Crippen molar-refractivity contribution in [1.29, 1.82) is 0 Å². The molecule has 84 valence electrons. The second-order valence-electron chi connectivity index (χ2n) is 4.88. The summed E-state index contributed by atoms with van der Waals surface area (Å²) in [5, 5.41) is 3.57. The maximum Gasteiger partial charge on any atom is 0.0221 e. The van der Waals surface area contributed by atoms with Gasteiger partial charge in [-0.15, -0.1) is 0 Å². The molecule has 0 aromatic rings. The highest BCUT2D eigenvalue weighted by Crippen LogP contribution is 2.16. The molecule has 1 atom stereocenters. The van der Waals surface area contributed by atoms with Crippen molar-refractivity contribution < 1.29 is 0 Å². The van der Waals surface area contributed by atoms with Crippen molar-refractivity contribution in [3.8, 4) is 0 Å². The van der Waals surface area contributed by atoms with Crippen LogP contribution in [0.2, 0.25) is 0 Å². The lowest BCUT2D eigenvalue weighted by Crippen LogP contribution is -2.39. The Morgan fingerprint density at radius 3 is 2.86 bits per heavy atom. The van der Waals surface area contributed by atoms with Crippen LogP contribution in [0, 0.1) is 5.92 Å². The van der Waals surface area contributed by atoms with Gasteiger partial charge in [0.25, 0.3) is 0 Å². The van der Waals surface area contributed by atoms with Gasteiger partial charge in [0.05, 0.1) is 0 Å².